The van der Waals surface area contributed by atoms with Crippen molar-refractivity contribution in [1.29, 1.82) is 0 Å². The topological polar surface area (TPSA) is 34.1 Å². The third-order valence-corrected chi connectivity index (χ3v) is 4.82. The molecular formula is C16H21BrN2OS. The molecule has 0 spiro atoms. The maximum atomic E-state index is 5.85. The number of hydrogen-bond donors (Lipinski definition) is 1. The second kappa shape index (κ2) is 7.92. The number of benzene rings is 1. The summed E-state index contributed by atoms with van der Waals surface area (Å²) >= 11 is 5.28. The minimum absolute atomic E-state index is 0.462. The molecule has 1 aromatic heterocycles. The molecule has 114 valence electrons. The first kappa shape index (κ1) is 16.5. The summed E-state index contributed by atoms with van der Waals surface area (Å²) in [6.45, 7) is 7.75. The molecule has 1 N–H and O–H groups in total. The largest absolute Gasteiger partial charge is 0.487 e. The van der Waals surface area contributed by atoms with Gasteiger partial charge in [-0.05, 0) is 30.2 Å². The van der Waals surface area contributed by atoms with Gasteiger partial charge >= 0.3 is 0 Å². The Labute approximate surface area is 138 Å². The van der Waals surface area contributed by atoms with Gasteiger partial charge in [0, 0.05) is 22.4 Å². The zero-order valence-electron chi connectivity index (χ0n) is 12.6. The summed E-state index contributed by atoms with van der Waals surface area (Å²) < 4.78 is 6.95. The fourth-order valence-corrected chi connectivity index (χ4v) is 2.94. The normalized spacial score (nSPS) is 11.1. The SMILES string of the molecule is CCc1nc(COc2ccc(Br)c(CNC(C)C)c2)cs1. The number of ether oxygens (including phenoxy) is 1. The Hall–Kier alpha value is -0.910. The summed E-state index contributed by atoms with van der Waals surface area (Å²) in [5, 5.41) is 6.65. The summed E-state index contributed by atoms with van der Waals surface area (Å²) in [6, 6.07) is 6.55. The molecule has 0 amide bonds. The van der Waals surface area contributed by atoms with Gasteiger partial charge in [0.2, 0.25) is 0 Å². The van der Waals surface area contributed by atoms with Crippen molar-refractivity contribution >= 4 is 27.3 Å². The number of hydrogen-bond acceptors (Lipinski definition) is 4. The van der Waals surface area contributed by atoms with E-state index in [1.54, 1.807) is 11.3 Å². The first-order valence-corrected chi connectivity index (χ1v) is 8.83. The lowest BCUT2D eigenvalue weighted by Gasteiger charge is -2.12. The van der Waals surface area contributed by atoms with Crippen LogP contribution in [0.25, 0.3) is 0 Å². The highest BCUT2D eigenvalue weighted by Gasteiger charge is 2.05. The Kier molecular flexibility index (Phi) is 6.21. The Bertz CT molecular complexity index is 583. The predicted octanol–water partition coefficient (Wildman–Crippen LogP) is 4.55. The Balaban J connectivity index is 1.98. The van der Waals surface area contributed by atoms with E-state index < -0.39 is 0 Å². The molecule has 5 heteroatoms. The van der Waals surface area contributed by atoms with Crippen LogP contribution in [0.4, 0.5) is 0 Å². The summed E-state index contributed by atoms with van der Waals surface area (Å²) in [5.74, 6) is 0.879. The van der Waals surface area contributed by atoms with Crippen LogP contribution in [0.15, 0.2) is 28.1 Å². The van der Waals surface area contributed by atoms with Crippen LogP contribution in [0.5, 0.6) is 5.75 Å². The molecule has 0 fully saturated rings. The molecule has 1 aromatic carbocycles. The van der Waals surface area contributed by atoms with E-state index in [-0.39, 0.29) is 0 Å². The molecule has 0 bridgehead atoms. The van der Waals surface area contributed by atoms with E-state index in [9.17, 15) is 0 Å². The molecule has 0 aliphatic carbocycles. The third kappa shape index (κ3) is 5.09. The summed E-state index contributed by atoms with van der Waals surface area (Å²) in [6.07, 6.45) is 0.980. The van der Waals surface area contributed by atoms with E-state index in [0.29, 0.717) is 12.6 Å². The van der Waals surface area contributed by atoms with Crippen LogP contribution in [0.3, 0.4) is 0 Å². The van der Waals surface area contributed by atoms with E-state index in [1.165, 1.54) is 5.56 Å². The molecule has 21 heavy (non-hydrogen) atoms. The lowest BCUT2D eigenvalue weighted by atomic mass is 10.2. The van der Waals surface area contributed by atoms with Crippen molar-refractivity contribution in [2.45, 2.75) is 46.4 Å². The highest BCUT2D eigenvalue weighted by atomic mass is 79.9. The van der Waals surface area contributed by atoms with Gasteiger partial charge in [-0.15, -0.1) is 11.3 Å². The van der Waals surface area contributed by atoms with Gasteiger partial charge < -0.3 is 10.1 Å². The highest BCUT2D eigenvalue weighted by molar-refractivity contribution is 9.10. The van der Waals surface area contributed by atoms with Gasteiger partial charge in [-0.1, -0.05) is 36.7 Å². The minimum atomic E-state index is 0.462. The van der Waals surface area contributed by atoms with E-state index in [0.717, 1.165) is 33.9 Å². The van der Waals surface area contributed by atoms with Crippen LogP contribution in [0.1, 0.15) is 37.0 Å². The molecule has 0 unspecified atom stereocenters. The molecule has 0 aliphatic rings. The maximum Gasteiger partial charge on any atom is 0.131 e. The van der Waals surface area contributed by atoms with Gasteiger partial charge in [-0.2, -0.15) is 0 Å². The Morgan fingerprint density at radius 2 is 2.19 bits per heavy atom. The van der Waals surface area contributed by atoms with E-state index in [2.05, 4.69) is 58.4 Å². The number of thiazole rings is 1. The second-order valence-corrected chi connectivity index (χ2v) is 6.96. The quantitative estimate of drug-likeness (QED) is 0.778. The molecular weight excluding hydrogens is 348 g/mol. The molecule has 0 atom stereocenters. The summed E-state index contributed by atoms with van der Waals surface area (Å²) in [7, 11) is 0. The van der Waals surface area contributed by atoms with Crippen molar-refractivity contribution in [2.24, 2.45) is 0 Å². The average molecular weight is 369 g/mol. The lowest BCUT2D eigenvalue weighted by molar-refractivity contribution is 0.301. The second-order valence-electron chi connectivity index (χ2n) is 5.16. The predicted molar refractivity (Wildman–Crippen MR) is 91.9 cm³/mol. The number of nitrogens with zero attached hydrogens (tertiary/aromatic N) is 1. The van der Waals surface area contributed by atoms with Crippen molar-refractivity contribution < 1.29 is 4.74 Å². The fraction of sp³-hybridized carbons (Fsp3) is 0.438. The fourth-order valence-electron chi connectivity index (χ4n) is 1.83. The van der Waals surface area contributed by atoms with Crippen LogP contribution >= 0.6 is 27.3 Å². The number of aromatic nitrogens is 1. The van der Waals surface area contributed by atoms with E-state index >= 15 is 0 Å². The number of rotatable bonds is 7. The Morgan fingerprint density at radius 3 is 2.86 bits per heavy atom. The van der Waals surface area contributed by atoms with Gasteiger partial charge in [-0.25, -0.2) is 4.98 Å². The first-order valence-electron chi connectivity index (χ1n) is 7.16. The zero-order valence-corrected chi connectivity index (χ0v) is 15.1. The van der Waals surface area contributed by atoms with Crippen molar-refractivity contribution in [2.75, 3.05) is 0 Å². The molecule has 0 radical (unpaired) electrons. The lowest BCUT2D eigenvalue weighted by Crippen LogP contribution is -2.22. The summed E-state index contributed by atoms with van der Waals surface area (Å²) in [4.78, 5) is 4.52. The molecule has 2 rings (SSSR count). The smallest absolute Gasteiger partial charge is 0.131 e. The zero-order chi connectivity index (χ0) is 15.2. The molecule has 1 heterocycles. The van der Waals surface area contributed by atoms with Crippen molar-refractivity contribution in [1.82, 2.24) is 10.3 Å². The monoisotopic (exact) mass is 368 g/mol. The van der Waals surface area contributed by atoms with Gasteiger partial charge in [0.25, 0.3) is 0 Å². The number of halogens is 1. The van der Waals surface area contributed by atoms with E-state index in [4.69, 9.17) is 4.74 Å². The van der Waals surface area contributed by atoms with Crippen LogP contribution in [0, 0.1) is 0 Å². The van der Waals surface area contributed by atoms with Crippen LogP contribution in [0.2, 0.25) is 0 Å². The highest BCUT2D eigenvalue weighted by Crippen LogP contribution is 2.23. The summed E-state index contributed by atoms with van der Waals surface area (Å²) in [5.41, 5.74) is 2.20. The number of aryl methyl sites for hydroxylation is 1. The van der Waals surface area contributed by atoms with Gasteiger partial charge in [-0.3, -0.25) is 0 Å². The first-order chi connectivity index (χ1) is 10.1. The van der Waals surface area contributed by atoms with Crippen LogP contribution in [-0.2, 0) is 19.6 Å². The standard InChI is InChI=1S/C16H21BrN2OS/c1-4-16-19-13(10-21-16)9-20-14-5-6-15(17)12(7-14)8-18-11(2)3/h5-7,10-11,18H,4,8-9H2,1-3H3. The molecule has 0 saturated carbocycles. The van der Waals surface area contributed by atoms with E-state index in [1.807, 2.05) is 12.1 Å². The van der Waals surface area contributed by atoms with Crippen molar-refractivity contribution in [3.8, 4) is 5.75 Å². The third-order valence-electron chi connectivity index (χ3n) is 3.01. The van der Waals surface area contributed by atoms with Gasteiger partial charge in [0.1, 0.15) is 12.4 Å². The molecule has 3 nitrogen and oxygen atoms in total. The molecule has 2 aromatic rings. The van der Waals surface area contributed by atoms with Gasteiger partial charge in [0.15, 0.2) is 0 Å². The van der Waals surface area contributed by atoms with Gasteiger partial charge in [0.05, 0.1) is 10.7 Å². The van der Waals surface area contributed by atoms with Crippen molar-refractivity contribution in [3.05, 3.63) is 44.3 Å². The maximum absolute atomic E-state index is 5.85. The van der Waals surface area contributed by atoms with Crippen LogP contribution < -0.4 is 10.1 Å². The average Bonchev–Trinajstić information content (AvgIpc) is 2.93. The van der Waals surface area contributed by atoms with Crippen molar-refractivity contribution in [3.63, 3.8) is 0 Å². The molecule has 0 aliphatic heterocycles. The molecule has 0 saturated heterocycles. The Morgan fingerprint density at radius 1 is 1.38 bits per heavy atom. The van der Waals surface area contributed by atoms with Crippen LogP contribution in [-0.4, -0.2) is 11.0 Å². The number of nitrogens with one attached hydrogen (secondary N) is 1. The minimum Gasteiger partial charge on any atom is -0.487 e.